The van der Waals surface area contributed by atoms with Crippen LogP contribution in [0.4, 0.5) is 0 Å². The first kappa shape index (κ1) is 28.3. The number of rotatable bonds is 1. The molecule has 27 heavy (non-hydrogen) atoms. The van der Waals surface area contributed by atoms with Crippen molar-refractivity contribution < 1.29 is 31.0 Å². The first-order chi connectivity index (χ1) is 11.2. The van der Waals surface area contributed by atoms with E-state index < -0.39 is 9.04 Å². The minimum atomic E-state index is -0.880. The molecule has 0 spiro atoms. The Bertz CT molecular complexity index is 793. The predicted molar refractivity (Wildman–Crippen MR) is 121 cm³/mol. The molecule has 0 fully saturated rings. The van der Waals surface area contributed by atoms with Crippen molar-refractivity contribution in [3.05, 3.63) is 80.6 Å². The fraction of sp³-hybridized carbons (Fsp3) is 0.292. The normalized spacial score (nSPS) is 10.2. The van der Waals surface area contributed by atoms with Gasteiger partial charge >= 0.3 is 26.2 Å². The van der Waals surface area contributed by atoms with Gasteiger partial charge in [-0.1, -0.05) is 63.6 Å². The molecule has 0 amide bonds. The second-order valence-electron chi connectivity index (χ2n) is 7.62. The van der Waals surface area contributed by atoms with Gasteiger partial charge in [0.15, 0.2) is 9.04 Å². The average molecular weight is 458 g/mol. The van der Waals surface area contributed by atoms with E-state index >= 15 is 0 Å². The van der Waals surface area contributed by atoms with Crippen molar-refractivity contribution in [2.24, 2.45) is 0 Å². The van der Waals surface area contributed by atoms with Gasteiger partial charge in [-0.25, -0.2) is 0 Å². The Hall–Kier alpha value is -0.890. The number of aryl methyl sites for hydroxylation is 1. The summed E-state index contributed by atoms with van der Waals surface area (Å²) >= 11 is 0. The Morgan fingerprint density at radius 1 is 0.926 bits per heavy atom. The summed E-state index contributed by atoms with van der Waals surface area (Å²) in [5.74, 6) is 0. The first-order valence-corrected chi connectivity index (χ1v) is 10.9. The van der Waals surface area contributed by atoms with Crippen LogP contribution in [0, 0.1) is 21.8 Å². The van der Waals surface area contributed by atoms with E-state index in [0.29, 0.717) is 0 Å². The van der Waals surface area contributed by atoms with Crippen molar-refractivity contribution in [2.45, 2.75) is 46.2 Å². The van der Waals surface area contributed by atoms with Crippen molar-refractivity contribution in [1.82, 2.24) is 0 Å². The molecule has 0 unspecified atom stereocenters. The second kappa shape index (κ2) is 11.8. The molecular weight excluding hydrogens is 424 g/mol. The van der Waals surface area contributed by atoms with E-state index in [9.17, 15) is 0 Å². The molecule has 144 valence electrons. The topological polar surface area (TPSA) is 20.2 Å². The largest absolute Gasteiger partial charge is 3.00 e. The van der Waals surface area contributed by atoms with Gasteiger partial charge in [0, 0.05) is 0 Å². The molecule has 0 bridgehead atoms. The van der Waals surface area contributed by atoms with E-state index in [1.807, 2.05) is 13.1 Å². The minimum absolute atomic E-state index is 0. The van der Waals surface area contributed by atoms with Crippen LogP contribution in [0.25, 0.3) is 21.9 Å². The maximum Gasteiger partial charge on any atom is 3.00 e. The molecule has 3 heteroatoms. The Balaban J connectivity index is 0. The predicted octanol–water partition coefficient (Wildman–Crippen LogP) is 6.96. The molecule has 0 saturated heterocycles. The van der Waals surface area contributed by atoms with E-state index in [2.05, 4.69) is 82.3 Å². The molecule has 0 aliphatic rings. The molecule has 0 saturated carbocycles. The third-order valence-electron chi connectivity index (χ3n) is 3.96. The van der Waals surface area contributed by atoms with Crippen LogP contribution in [0.5, 0.6) is 0 Å². The summed E-state index contributed by atoms with van der Waals surface area (Å²) in [5.41, 5.74) is 5.55. The Labute approximate surface area is 188 Å². The van der Waals surface area contributed by atoms with Gasteiger partial charge in [-0.05, 0) is 29.6 Å². The standard InChI is InChI=1S/C20H21.C2H7OSi.2CH3.Zr/c1-14-12-16-6-5-7-18(19(16)13-14)15-8-10-17(11-9-15)20(2,3)4;1-4(2)3;;;/h5-13H,1-4H3;3H,1-2H3;2*1H3;/q-1;;2*-1;+3. The number of fused-ring (bicyclic) bond motifs is 1. The van der Waals surface area contributed by atoms with E-state index in [4.69, 9.17) is 4.80 Å². The molecule has 3 rings (SSSR count). The van der Waals surface area contributed by atoms with Gasteiger partial charge in [-0.15, -0.1) is 34.5 Å². The Kier molecular flexibility index (Phi) is 12.4. The summed E-state index contributed by atoms with van der Waals surface area (Å²) in [7, 11) is -0.880. The molecule has 0 heterocycles. The molecule has 2 radical (unpaired) electrons. The van der Waals surface area contributed by atoms with Crippen molar-refractivity contribution in [3.8, 4) is 11.1 Å². The zero-order valence-corrected chi connectivity index (χ0v) is 21.6. The first-order valence-electron chi connectivity index (χ1n) is 8.44. The molecule has 0 aliphatic heterocycles. The van der Waals surface area contributed by atoms with Gasteiger partial charge in [-0.2, -0.15) is 6.07 Å². The van der Waals surface area contributed by atoms with Gasteiger partial charge in [0.25, 0.3) is 0 Å². The van der Waals surface area contributed by atoms with Crippen molar-refractivity contribution >= 4 is 19.8 Å². The van der Waals surface area contributed by atoms with Gasteiger partial charge < -0.3 is 19.6 Å². The van der Waals surface area contributed by atoms with Crippen LogP contribution in [0.2, 0.25) is 13.1 Å². The Morgan fingerprint density at radius 2 is 1.44 bits per heavy atom. The summed E-state index contributed by atoms with van der Waals surface area (Å²) in [5, 5.41) is 2.69. The van der Waals surface area contributed by atoms with Gasteiger partial charge in [0.1, 0.15) is 0 Å². The molecule has 0 aliphatic carbocycles. The molecular formula is C24H34OSiZr. The minimum Gasteiger partial charge on any atom is -0.432 e. The van der Waals surface area contributed by atoms with Crippen LogP contribution in [-0.4, -0.2) is 13.8 Å². The van der Waals surface area contributed by atoms with Crippen molar-refractivity contribution in [2.75, 3.05) is 0 Å². The summed E-state index contributed by atoms with van der Waals surface area (Å²) in [6, 6.07) is 20.1. The third-order valence-corrected chi connectivity index (χ3v) is 3.96. The maximum absolute atomic E-state index is 8.16. The fourth-order valence-electron chi connectivity index (χ4n) is 2.79. The van der Waals surface area contributed by atoms with Crippen LogP contribution in [-0.2, 0) is 31.6 Å². The van der Waals surface area contributed by atoms with Crippen LogP contribution in [0.1, 0.15) is 31.9 Å². The molecule has 1 N–H and O–H groups in total. The average Bonchev–Trinajstić information content (AvgIpc) is 2.86. The summed E-state index contributed by atoms with van der Waals surface area (Å²) in [6.07, 6.45) is 0. The summed E-state index contributed by atoms with van der Waals surface area (Å²) < 4.78 is 0. The molecule has 0 aromatic heterocycles. The quantitative estimate of drug-likeness (QED) is 0.309. The van der Waals surface area contributed by atoms with E-state index in [-0.39, 0.29) is 46.5 Å². The monoisotopic (exact) mass is 456 g/mol. The number of benzene rings is 2. The van der Waals surface area contributed by atoms with E-state index in [0.717, 1.165) is 0 Å². The maximum atomic E-state index is 8.16. The van der Waals surface area contributed by atoms with Crippen LogP contribution in [0.15, 0.2) is 54.6 Å². The fourth-order valence-corrected chi connectivity index (χ4v) is 2.79. The summed E-state index contributed by atoms with van der Waals surface area (Å²) in [6.45, 7) is 12.6. The molecule has 1 nitrogen and oxygen atoms in total. The smallest absolute Gasteiger partial charge is 0.432 e. The van der Waals surface area contributed by atoms with Gasteiger partial charge in [-0.3, -0.25) is 0 Å². The Morgan fingerprint density at radius 3 is 1.93 bits per heavy atom. The molecule has 0 atom stereocenters. The number of hydrogen-bond donors (Lipinski definition) is 1. The van der Waals surface area contributed by atoms with Crippen LogP contribution in [0.3, 0.4) is 0 Å². The van der Waals surface area contributed by atoms with E-state index in [1.165, 1.54) is 33.0 Å². The van der Waals surface area contributed by atoms with E-state index in [1.54, 1.807) is 0 Å². The third kappa shape index (κ3) is 7.94. The van der Waals surface area contributed by atoms with Crippen molar-refractivity contribution in [3.63, 3.8) is 0 Å². The van der Waals surface area contributed by atoms with Gasteiger partial charge in [0.2, 0.25) is 0 Å². The van der Waals surface area contributed by atoms with Crippen LogP contribution < -0.4 is 0 Å². The van der Waals surface area contributed by atoms with Crippen LogP contribution >= 0.6 is 0 Å². The SMILES string of the molecule is C[Si](C)O.Cc1cc2c(-c3ccc(C(C)(C)C)cc3)cccc2[cH-]1.[CH3-].[CH3-].[Zr+3]. The summed E-state index contributed by atoms with van der Waals surface area (Å²) in [4.78, 5) is 8.16. The number of hydrogen-bond acceptors (Lipinski definition) is 1. The zero-order chi connectivity index (χ0) is 17.9. The zero-order valence-electron chi connectivity index (χ0n) is 18.1. The second-order valence-corrected chi connectivity index (χ2v) is 9.51. The molecule has 3 aromatic carbocycles. The van der Waals surface area contributed by atoms with Gasteiger partial charge in [0.05, 0.1) is 0 Å². The van der Waals surface area contributed by atoms with Crippen molar-refractivity contribution in [1.29, 1.82) is 0 Å². The molecule has 3 aromatic rings.